The van der Waals surface area contributed by atoms with Crippen LogP contribution in [0, 0.1) is 39.9 Å². The Morgan fingerprint density at radius 2 is 1.87 bits per heavy atom. The molecule has 4 nitrogen and oxygen atoms in total. The van der Waals surface area contributed by atoms with E-state index in [1.54, 1.807) is 27.7 Å². The van der Waals surface area contributed by atoms with E-state index in [1.807, 2.05) is 12.1 Å². The second-order valence-electron chi connectivity index (χ2n) is 3.85. The van der Waals surface area contributed by atoms with Gasteiger partial charge in [0, 0.05) is 0 Å². The Hall–Kier alpha value is -1.55. The number of ether oxygens (including phenoxy) is 1. The van der Waals surface area contributed by atoms with Crippen molar-refractivity contribution in [3.05, 3.63) is 0 Å². The molecule has 0 aliphatic heterocycles. The Morgan fingerprint density at radius 3 is 2.13 bits per heavy atom. The average Bonchev–Trinajstić information content (AvgIpc) is 2.19. The maximum Gasteiger partial charge on any atom is 0.314 e. The van der Waals surface area contributed by atoms with Gasteiger partial charge in [-0.05, 0) is 19.8 Å². The predicted octanol–water partition coefficient (Wildman–Crippen LogP) is 1.88. The smallest absolute Gasteiger partial charge is 0.314 e. The van der Waals surface area contributed by atoms with Crippen LogP contribution < -0.4 is 0 Å². The molecule has 4 heteroatoms. The van der Waals surface area contributed by atoms with Gasteiger partial charge in [-0.15, -0.1) is 0 Å². The third-order valence-electron chi connectivity index (χ3n) is 2.77. The molecule has 15 heavy (non-hydrogen) atoms. The number of nitriles is 2. The number of carbonyl (C=O) groups excluding carboxylic acids is 1. The molecule has 0 amide bonds. The average molecular weight is 208 g/mol. The van der Waals surface area contributed by atoms with Crippen molar-refractivity contribution in [3.63, 3.8) is 0 Å². The Morgan fingerprint density at radius 1 is 1.40 bits per heavy atom. The lowest BCUT2D eigenvalue weighted by Gasteiger charge is -2.31. The van der Waals surface area contributed by atoms with Crippen molar-refractivity contribution in [1.29, 1.82) is 10.5 Å². The Labute approximate surface area is 90.4 Å². The van der Waals surface area contributed by atoms with E-state index in [2.05, 4.69) is 0 Å². The lowest BCUT2D eigenvalue weighted by molar-refractivity contribution is -0.158. The molecule has 1 atom stereocenters. The Bertz CT molecular complexity index is 298. The van der Waals surface area contributed by atoms with E-state index in [-0.39, 0.29) is 12.5 Å². The minimum absolute atomic E-state index is 0.124. The van der Waals surface area contributed by atoms with Crippen molar-refractivity contribution in [1.82, 2.24) is 0 Å². The molecule has 0 heterocycles. The molecule has 0 aliphatic carbocycles. The van der Waals surface area contributed by atoms with E-state index in [0.717, 1.165) is 0 Å². The fourth-order valence-electron chi connectivity index (χ4n) is 1.27. The Kier molecular flexibility index (Phi) is 4.81. The van der Waals surface area contributed by atoms with E-state index in [4.69, 9.17) is 15.3 Å². The highest BCUT2D eigenvalue weighted by Gasteiger charge is 2.46. The summed E-state index contributed by atoms with van der Waals surface area (Å²) in [5.41, 5.74) is -1.06. The van der Waals surface area contributed by atoms with Gasteiger partial charge in [0.05, 0.1) is 24.2 Å². The van der Waals surface area contributed by atoms with Gasteiger partial charge in [-0.1, -0.05) is 13.8 Å². The van der Waals surface area contributed by atoms with Crippen molar-refractivity contribution in [2.75, 3.05) is 6.61 Å². The molecule has 0 radical (unpaired) electrons. The summed E-state index contributed by atoms with van der Waals surface area (Å²) in [5.74, 6) is -1.58. The molecule has 0 aromatic carbocycles. The highest BCUT2D eigenvalue weighted by Crippen LogP contribution is 2.36. The zero-order valence-corrected chi connectivity index (χ0v) is 9.57. The molecular formula is C11H16N2O2. The van der Waals surface area contributed by atoms with Crippen molar-refractivity contribution in [2.24, 2.45) is 17.3 Å². The molecule has 0 rings (SSSR count). The van der Waals surface area contributed by atoms with Gasteiger partial charge in [-0.3, -0.25) is 4.79 Å². The minimum atomic E-state index is -1.06. The second-order valence-corrected chi connectivity index (χ2v) is 3.85. The molecular weight excluding hydrogens is 192 g/mol. The topological polar surface area (TPSA) is 73.9 Å². The lowest BCUT2D eigenvalue weighted by Crippen LogP contribution is -2.41. The molecule has 0 bridgehead atoms. The zero-order chi connectivity index (χ0) is 12.1. The van der Waals surface area contributed by atoms with Crippen LogP contribution in [0.5, 0.6) is 0 Å². The summed E-state index contributed by atoms with van der Waals surface area (Å²) in [5, 5.41) is 17.7. The van der Waals surface area contributed by atoms with Crippen LogP contribution in [0.15, 0.2) is 0 Å². The second kappa shape index (κ2) is 5.36. The normalized spacial score (nSPS) is 14.1. The van der Waals surface area contributed by atoms with E-state index >= 15 is 0 Å². The van der Waals surface area contributed by atoms with Crippen LogP contribution in [0.2, 0.25) is 0 Å². The van der Waals surface area contributed by atoms with E-state index < -0.39 is 17.3 Å². The molecule has 82 valence electrons. The molecule has 0 saturated heterocycles. The van der Waals surface area contributed by atoms with E-state index in [1.165, 1.54) is 0 Å². The maximum absolute atomic E-state index is 11.7. The van der Waals surface area contributed by atoms with Gasteiger partial charge in [0.2, 0.25) is 0 Å². The van der Waals surface area contributed by atoms with Crippen LogP contribution in [-0.2, 0) is 9.53 Å². The van der Waals surface area contributed by atoms with Crippen LogP contribution in [0.1, 0.15) is 27.7 Å². The quantitative estimate of drug-likeness (QED) is 0.661. The van der Waals surface area contributed by atoms with E-state index in [0.29, 0.717) is 0 Å². The van der Waals surface area contributed by atoms with Gasteiger partial charge >= 0.3 is 5.97 Å². The molecule has 0 spiro atoms. The first-order valence-electron chi connectivity index (χ1n) is 4.91. The SMILES string of the molecule is CCOC(=O)C(C)(C(C)C)C(C#N)C#N. The fraction of sp³-hybridized carbons (Fsp3) is 0.727. The summed E-state index contributed by atoms with van der Waals surface area (Å²) < 4.78 is 4.91. The first-order valence-corrected chi connectivity index (χ1v) is 4.91. The minimum Gasteiger partial charge on any atom is -0.466 e. The van der Waals surface area contributed by atoms with Gasteiger partial charge in [-0.25, -0.2) is 0 Å². The zero-order valence-electron chi connectivity index (χ0n) is 9.57. The van der Waals surface area contributed by atoms with Gasteiger partial charge in [0.25, 0.3) is 0 Å². The number of carbonyl (C=O) groups is 1. The monoisotopic (exact) mass is 208 g/mol. The molecule has 0 fully saturated rings. The highest BCUT2D eigenvalue weighted by atomic mass is 16.5. The van der Waals surface area contributed by atoms with E-state index in [9.17, 15) is 4.79 Å². The van der Waals surface area contributed by atoms with Crippen LogP contribution in [0.4, 0.5) is 0 Å². The molecule has 0 aromatic rings. The van der Waals surface area contributed by atoms with Gasteiger partial charge < -0.3 is 4.74 Å². The first kappa shape index (κ1) is 13.4. The number of hydrogen-bond acceptors (Lipinski definition) is 4. The molecule has 0 aromatic heterocycles. The van der Waals surface area contributed by atoms with Crippen LogP contribution in [0.25, 0.3) is 0 Å². The van der Waals surface area contributed by atoms with Crippen molar-refractivity contribution in [2.45, 2.75) is 27.7 Å². The van der Waals surface area contributed by atoms with Crippen LogP contribution >= 0.6 is 0 Å². The standard InChI is InChI=1S/C11H16N2O2/c1-5-15-10(14)11(4,8(2)3)9(6-12)7-13/h8-9H,5H2,1-4H3. The molecule has 0 saturated carbocycles. The molecule has 0 N–H and O–H groups in total. The summed E-state index contributed by atoms with van der Waals surface area (Å²) >= 11 is 0. The summed E-state index contributed by atoms with van der Waals surface area (Å²) in [6, 6.07) is 3.70. The molecule has 0 aliphatic rings. The summed E-state index contributed by atoms with van der Waals surface area (Å²) in [4.78, 5) is 11.7. The van der Waals surface area contributed by atoms with Crippen LogP contribution in [0.3, 0.4) is 0 Å². The summed E-state index contributed by atoms with van der Waals surface area (Å²) in [6.45, 7) is 7.17. The third-order valence-corrected chi connectivity index (χ3v) is 2.77. The van der Waals surface area contributed by atoms with Crippen LogP contribution in [-0.4, -0.2) is 12.6 Å². The third kappa shape index (κ3) is 2.47. The van der Waals surface area contributed by atoms with Crippen molar-refractivity contribution in [3.8, 4) is 12.1 Å². The Balaban J connectivity index is 5.18. The maximum atomic E-state index is 11.7. The lowest BCUT2D eigenvalue weighted by atomic mass is 9.70. The summed E-state index contributed by atoms with van der Waals surface area (Å²) in [7, 11) is 0. The first-order chi connectivity index (χ1) is 6.94. The fourth-order valence-corrected chi connectivity index (χ4v) is 1.27. The molecule has 1 unspecified atom stereocenters. The largest absolute Gasteiger partial charge is 0.466 e. The number of rotatable bonds is 4. The van der Waals surface area contributed by atoms with Gasteiger partial charge in [0.15, 0.2) is 0 Å². The summed E-state index contributed by atoms with van der Waals surface area (Å²) in [6.07, 6.45) is 0. The van der Waals surface area contributed by atoms with Crippen molar-refractivity contribution >= 4 is 5.97 Å². The number of nitrogens with zero attached hydrogens (tertiary/aromatic N) is 2. The predicted molar refractivity (Wildman–Crippen MR) is 54.3 cm³/mol. The van der Waals surface area contributed by atoms with Crippen molar-refractivity contribution < 1.29 is 9.53 Å². The van der Waals surface area contributed by atoms with Gasteiger partial charge in [0.1, 0.15) is 5.92 Å². The number of hydrogen-bond donors (Lipinski definition) is 0. The van der Waals surface area contributed by atoms with Gasteiger partial charge in [-0.2, -0.15) is 10.5 Å². The highest BCUT2D eigenvalue weighted by molar-refractivity contribution is 5.78. The number of esters is 1.